The van der Waals surface area contributed by atoms with Crippen molar-refractivity contribution in [1.29, 1.82) is 0 Å². The maximum atomic E-state index is 11.4. The Morgan fingerprint density at radius 3 is 2.63 bits per heavy atom. The number of nitrogens with zero attached hydrogens (tertiary/aromatic N) is 1. The average Bonchev–Trinajstić information content (AvgIpc) is 2.39. The van der Waals surface area contributed by atoms with E-state index < -0.39 is 0 Å². The van der Waals surface area contributed by atoms with Gasteiger partial charge in [0.2, 0.25) is 5.91 Å². The molecule has 7 heteroatoms. The predicted molar refractivity (Wildman–Crippen MR) is 76.2 cm³/mol. The van der Waals surface area contributed by atoms with Crippen LogP contribution >= 0.6 is 15.9 Å². The zero-order valence-corrected chi connectivity index (χ0v) is 12.5. The normalized spacial score (nSPS) is 10.4. The van der Waals surface area contributed by atoms with Gasteiger partial charge < -0.3 is 5.32 Å². The molecule has 0 unspecified atom stereocenters. The van der Waals surface area contributed by atoms with Gasteiger partial charge in [-0.1, -0.05) is 22.0 Å². The van der Waals surface area contributed by atoms with Crippen LogP contribution in [0.25, 0.3) is 0 Å². The highest BCUT2D eigenvalue weighted by Crippen LogP contribution is 2.20. The highest BCUT2D eigenvalue weighted by molar-refractivity contribution is 9.10. The summed E-state index contributed by atoms with van der Waals surface area (Å²) in [6, 6.07) is 5.22. The van der Waals surface area contributed by atoms with Crippen molar-refractivity contribution >= 4 is 27.7 Å². The first-order valence-electron chi connectivity index (χ1n) is 5.66. The van der Waals surface area contributed by atoms with Gasteiger partial charge in [-0.15, -0.1) is 0 Å². The van der Waals surface area contributed by atoms with Gasteiger partial charge >= 0.3 is 0 Å². The van der Waals surface area contributed by atoms with Gasteiger partial charge in [-0.25, -0.2) is 5.84 Å². The van der Waals surface area contributed by atoms with Crippen LogP contribution in [0.3, 0.4) is 0 Å². The van der Waals surface area contributed by atoms with Gasteiger partial charge in [0, 0.05) is 23.6 Å². The largest absolute Gasteiger partial charge is 0.358 e. The number of rotatable bonds is 5. The Labute approximate surface area is 120 Å². The van der Waals surface area contributed by atoms with Crippen LogP contribution in [0.2, 0.25) is 0 Å². The lowest BCUT2D eigenvalue weighted by Crippen LogP contribution is -2.32. The lowest BCUT2D eigenvalue weighted by molar-refractivity contribution is -0.121. The minimum atomic E-state index is -0.342. The Balaban J connectivity index is 2.74. The number of amides is 2. The fraction of sp³-hybridized carbons (Fsp3) is 0.333. The standard InChI is InChI=1S/C12H17BrN4O2/c1-15-11(18)7-17(2)6-9-4-3-8(5-10(9)13)12(19)16-14/h3-5H,6-7,14H2,1-2H3,(H,15,18)(H,16,19). The Bertz CT molecular complexity index is 479. The minimum Gasteiger partial charge on any atom is -0.358 e. The van der Waals surface area contributed by atoms with Crippen LogP contribution in [0, 0.1) is 0 Å². The summed E-state index contributed by atoms with van der Waals surface area (Å²) < 4.78 is 0.803. The molecule has 0 saturated heterocycles. The molecule has 2 amide bonds. The molecule has 0 atom stereocenters. The van der Waals surface area contributed by atoms with Gasteiger partial charge in [0.25, 0.3) is 5.91 Å². The third-order valence-electron chi connectivity index (χ3n) is 2.58. The van der Waals surface area contributed by atoms with E-state index in [9.17, 15) is 9.59 Å². The number of halogens is 1. The van der Waals surface area contributed by atoms with E-state index in [1.54, 1.807) is 19.2 Å². The van der Waals surface area contributed by atoms with Gasteiger partial charge in [-0.2, -0.15) is 0 Å². The van der Waals surface area contributed by atoms with E-state index in [4.69, 9.17) is 5.84 Å². The van der Waals surface area contributed by atoms with Crippen molar-refractivity contribution in [1.82, 2.24) is 15.6 Å². The molecule has 0 spiro atoms. The average molecular weight is 329 g/mol. The quantitative estimate of drug-likeness (QED) is 0.410. The molecule has 104 valence electrons. The molecule has 0 heterocycles. The summed E-state index contributed by atoms with van der Waals surface area (Å²) in [5.41, 5.74) is 3.54. The highest BCUT2D eigenvalue weighted by Gasteiger charge is 2.10. The number of nitrogens with two attached hydrogens (primary N) is 1. The van der Waals surface area contributed by atoms with E-state index in [0.717, 1.165) is 10.0 Å². The molecular formula is C12H17BrN4O2. The maximum absolute atomic E-state index is 11.4. The molecule has 0 aliphatic rings. The van der Waals surface area contributed by atoms with Crippen LogP contribution in [0.15, 0.2) is 22.7 Å². The molecule has 0 radical (unpaired) electrons. The van der Waals surface area contributed by atoms with Crippen molar-refractivity contribution in [3.05, 3.63) is 33.8 Å². The van der Waals surface area contributed by atoms with E-state index in [1.165, 1.54) is 0 Å². The molecule has 1 rings (SSSR count). The van der Waals surface area contributed by atoms with Gasteiger partial charge in [-0.05, 0) is 24.7 Å². The molecule has 6 nitrogen and oxygen atoms in total. The minimum absolute atomic E-state index is 0.0437. The number of likely N-dealkylation sites (N-methyl/N-ethyl adjacent to an activating group) is 2. The van der Waals surface area contributed by atoms with Crippen molar-refractivity contribution in [2.24, 2.45) is 5.84 Å². The lowest BCUT2D eigenvalue weighted by atomic mass is 10.1. The van der Waals surface area contributed by atoms with E-state index in [0.29, 0.717) is 18.7 Å². The highest BCUT2D eigenvalue weighted by atomic mass is 79.9. The van der Waals surface area contributed by atoms with Gasteiger partial charge in [-0.3, -0.25) is 19.9 Å². The number of hydrazine groups is 1. The smallest absolute Gasteiger partial charge is 0.265 e. The molecular weight excluding hydrogens is 312 g/mol. The summed E-state index contributed by atoms with van der Waals surface area (Å²) >= 11 is 3.41. The summed E-state index contributed by atoms with van der Waals surface area (Å²) in [5, 5.41) is 2.57. The van der Waals surface area contributed by atoms with Crippen molar-refractivity contribution in [3.63, 3.8) is 0 Å². The topological polar surface area (TPSA) is 87.5 Å². The van der Waals surface area contributed by atoms with Gasteiger partial charge in [0.05, 0.1) is 6.54 Å². The molecule has 0 fully saturated rings. The summed E-state index contributed by atoms with van der Waals surface area (Å²) in [5.74, 6) is 4.69. The molecule has 4 N–H and O–H groups in total. The molecule has 0 bridgehead atoms. The van der Waals surface area contributed by atoms with Gasteiger partial charge in [0.1, 0.15) is 0 Å². The van der Waals surface area contributed by atoms with Crippen LogP contribution < -0.4 is 16.6 Å². The summed E-state index contributed by atoms with van der Waals surface area (Å²) in [4.78, 5) is 24.5. The monoisotopic (exact) mass is 328 g/mol. The van der Waals surface area contributed by atoms with E-state index in [1.807, 2.05) is 18.0 Å². The Kier molecular flexibility index (Phi) is 5.94. The first-order valence-corrected chi connectivity index (χ1v) is 6.45. The van der Waals surface area contributed by atoms with Crippen molar-refractivity contribution in [2.45, 2.75) is 6.54 Å². The third-order valence-corrected chi connectivity index (χ3v) is 3.32. The number of benzene rings is 1. The lowest BCUT2D eigenvalue weighted by Gasteiger charge is -2.16. The van der Waals surface area contributed by atoms with Crippen LogP contribution in [-0.4, -0.2) is 37.4 Å². The predicted octanol–water partition coefficient (Wildman–Crippen LogP) is 0.230. The van der Waals surface area contributed by atoms with Crippen LogP contribution in [0.1, 0.15) is 15.9 Å². The maximum Gasteiger partial charge on any atom is 0.265 e. The van der Waals surface area contributed by atoms with Crippen molar-refractivity contribution in [2.75, 3.05) is 20.6 Å². The second-order valence-electron chi connectivity index (χ2n) is 4.13. The van der Waals surface area contributed by atoms with Crippen LogP contribution in [0.5, 0.6) is 0 Å². The zero-order chi connectivity index (χ0) is 14.4. The molecule has 19 heavy (non-hydrogen) atoms. The number of nitrogen functional groups attached to an aromatic ring is 1. The van der Waals surface area contributed by atoms with E-state index in [-0.39, 0.29) is 11.8 Å². The summed E-state index contributed by atoms with van der Waals surface area (Å²) in [6.45, 7) is 0.909. The Morgan fingerprint density at radius 1 is 1.42 bits per heavy atom. The van der Waals surface area contributed by atoms with Crippen LogP contribution in [-0.2, 0) is 11.3 Å². The molecule has 0 aromatic heterocycles. The van der Waals surface area contributed by atoms with E-state index >= 15 is 0 Å². The second-order valence-corrected chi connectivity index (χ2v) is 4.98. The fourth-order valence-electron chi connectivity index (χ4n) is 1.57. The molecule has 0 saturated carbocycles. The summed E-state index contributed by atoms with van der Waals surface area (Å²) in [7, 11) is 3.45. The van der Waals surface area contributed by atoms with Crippen molar-refractivity contribution < 1.29 is 9.59 Å². The van der Waals surface area contributed by atoms with Crippen molar-refractivity contribution in [3.8, 4) is 0 Å². The number of hydrogen-bond donors (Lipinski definition) is 3. The third kappa shape index (κ3) is 4.62. The molecule has 0 aliphatic heterocycles. The number of carbonyl (C=O) groups excluding carboxylic acids is 2. The first-order chi connectivity index (χ1) is 8.97. The number of carbonyl (C=O) groups is 2. The van der Waals surface area contributed by atoms with E-state index in [2.05, 4.69) is 26.7 Å². The zero-order valence-electron chi connectivity index (χ0n) is 10.9. The number of nitrogens with one attached hydrogen (secondary N) is 2. The second kappa shape index (κ2) is 7.22. The number of hydrogen-bond acceptors (Lipinski definition) is 4. The molecule has 1 aromatic rings. The van der Waals surface area contributed by atoms with Crippen LogP contribution in [0.4, 0.5) is 0 Å². The van der Waals surface area contributed by atoms with Gasteiger partial charge in [0.15, 0.2) is 0 Å². The first kappa shape index (κ1) is 15.6. The Morgan fingerprint density at radius 2 is 2.11 bits per heavy atom. The fourth-order valence-corrected chi connectivity index (χ4v) is 2.08. The molecule has 1 aromatic carbocycles. The Hall–Kier alpha value is -1.44. The SMILES string of the molecule is CNC(=O)CN(C)Cc1ccc(C(=O)NN)cc1Br. The summed E-state index contributed by atoms with van der Waals surface area (Å²) in [6.07, 6.45) is 0. The molecule has 0 aliphatic carbocycles.